The van der Waals surface area contributed by atoms with Gasteiger partial charge in [0.05, 0.1) is 0 Å². The molecule has 3 heterocycles. The van der Waals surface area contributed by atoms with Crippen LogP contribution < -0.4 is 16.3 Å². The zero-order chi connectivity index (χ0) is 20.1. The van der Waals surface area contributed by atoms with Crippen LogP contribution in [-0.2, 0) is 25.9 Å². The predicted octanol–water partition coefficient (Wildman–Crippen LogP) is 1.66. The molecule has 4 rings (SSSR count). The molecular weight excluding hydrogens is 366 g/mol. The molecule has 0 spiro atoms. The molecule has 3 aromatic rings. The second-order valence-corrected chi connectivity index (χ2v) is 7.42. The summed E-state index contributed by atoms with van der Waals surface area (Å²) in [5.41, 5.74) is 2.49. The van der Waals surface area contributed by atoms with Gasteiger partial charge in [-0.3, -0.25) is 9.56 Å². The fraction of sp³-hybridized carbons (Fsp3) is 0.476. The molecule has 154 valence electrons. The maximum atomic E-state index is 12.3. The fourth-order valence-corrected chi connectivity index (χ4v) is 3.90. The van der Waals surface area contributed by atoms with Gasteiger partial charge in [0, 0.05) is 56.7 Å². The maximum Gasteiger partial charge on any atom is 0.345 e. The summed E-state index contributed by atoms with van der Waals surface area (Å²) in [6.45, 7) is 2.97. The van der Waals surface area contributed by atoms with E-state index in [-0.39, 0.29) is 5.69 Å². The van der Waals surface area contributed by atoms with E-state index in [2.05, 4.69) is 50.1 Å². The van der Waals surface area contributed by atoms with Gasteiger partial charge in [-0.15, -0.1) is 0 Å². The van der Waals surface area contributed by atoms with Crippen molar-refractivity contribution in [3.8, 4) is 0 Å². The predicted molar refractivity (Wildman–Crippen MR) is 115 cm³/mol. The highest BCUT2D eigenvalue weighted by atomic mass is 16.2. The van der Waals surface area contributed by atoms with E-state index < -0.39 is 0 Å². The third-order valence-corrected chi connectivity index (χ3v) is 5.46. The molecule has 3 N–H and O–H groups in total. The third-order valence-electron chi connectivity index (χ3n) is 5.46. The van der Waals surface area contributed by atoms with Gasteiger partial charge in [-0.25, -0.2) is 9.48 Å². The molecule has 2 aromatic heterocycles. The second kappa shape index (κ2) is 8.98. The van der Waals surface area contributed by atoms with Crippen LogP contribution in [0.1, 0.15) is 30.7 Å². The monoisotopic (exact) mass is 395 g/mol. The van der Waals surface area contributed by atoms with Gasteiger partial charge in [-0.05, 0) is 37.3 Å². The van der Waals surface area contributed by atoms with Crippen molar-refractivity contribution in [1.82, 2.24) is 30.0 Å². The molecule has 0 saturated heterocycles. The van der Waals surface area contributed by atoms with Crippen LogP contribution in [0.5, 0.6) is 0 Å². The number of para-hydroxylation sites is 1. The van der Waals surface area contributed by atoms with Crippen LogP contribution in [0, 0.1) is 0 Å². The number of hydrogen-bond donors (Lipinski definition) is 3. The van der Waals surface area contributed by atoms with Gasteiger partial charge in [0.25, 0.3) is 0 Å². The van der Waals surface area contributed by atoms with Crippen molar-refractivity contribution in [1.29, 1.82) is 0 Å². The van der Waals surface area contributed by atoms with Gasteiger partial charge < -0.3 is 15.6 Å². The van der Waals surface area contributed by atoms with Gasteiger partial charge in [0.15, 0.2) is 5.96 Å². The standard InChI is InChI=1S/C21H29N7O/c1-22-20(24-12-10-16-15-25-18-8-3-2-7-17(16)18)23-11-6-14-28-21(29)27-13-5-4-9-19(27)26-28/h2-3,7-8,15,25H,4-6,9-14H2,1H3,(H2,22,23,24). The molecule has 0 amide bonds. The van der Waals surface area contributed by atoms with Crippen molar-refractivity contribution < 1.29 is 0 Å². The number of aromatic nitrogens is 4. The Balaban J connectivity index is 1.21. The Bertz CT molecular complexity index is 1040. The first-order valence-electron chi connectivity index (χ1n) is 10.4. The van der Waals surface area contributed by atoms with Crippen molar-refractivity contribution in [3.63, 3.8) is 0 Å². The summed E-state index contributed by atoms with van der Waals surface area (Å²) in [7, 11) is 1.77. The largest absolute Gasteiger partial charge is 0.361 e. The summed E-state index contributed by atoms with van der Waals surface area (Å²) in [5.74, 6) is 1.71. The van der Waals surface area contributed by atoms with Crippen LogP contribution in [0.2, 0.25) is 0 Å². The Morgan fingerprint density at radius 2 is 2.10 bits per heavy atom. The highest BCUT2D eigenvalue weighted by Crippen LogP contribution is 2.17. The van der Waals surface area contributed by atoms with E-state index in [4.69, 9.17) is 0 Å². The second-order valence-electron chi connectivity index (χ2n) is 7.42. The van der Waals surface area contributed by atoms with E-state index in [0.29, 0.717) is 6.54 Å². The minimum Gasteiger partial charge on any atom is -0.361 e. The highest BCUT2D eigenvalue weighted by molar-refractivity contribution is 5.83. The molecule has 1 aliphatic rings. The van der Waals surface area contributed by atoms with Crippen LogP contribution in [0.4, 0.5) is 0 Å². The van der Waals surface area contributed by atoms with E-state index in [0.717, 1.165) is 63.5 Å². The van der Waals surface area contributed by atoms with Crippen LogP contribution in [0.3, 0.4) is 0 Å². The molecule has 8 nitrogen and oxygen atoms in total. The number of rotatable bonds is 7. The lowest BCUT2D eigenvalue weighted by molar-refractivity contribution is 0.509. The van der Waals surface area contributed by atoms with Crippen LogP contribution in [0.25, 0.3) is 10.9 Å². The number of guanidine groups is 1. The number of hydrogen-bond acceptors (Lipinski definition) is 3. The quantitative estimate of drug-likeness (QED) is 0.322. The number of aryl methyl sites for hydroxylation is 2. The lowest BCUT2D eigenvalue weighted by atomic mass is 10.1. The summed E-state index contributed by atoms with van der Waals surface area (Å²) < 4.78 is 3.43. The summed E-state index contributed by atoms with van der Waals surface area (Å²) in [4.78, 5) is 19.9. The maximum absolute atomic E-state index is 12.3. The molecule has 0 unspecified atom stereocenters. The first-order valence-corrected chi connectivity index (χ1v) is 10.4. The number of aliphatic imine (C=N–C) groups is 1. The molecule has 0 bridgehead atoms. The molecule has 8 heteroatoms. The minimum atomic E-state index is 0.0286. The van der Waals surface area contributed by atoms with Crippen molar-refractivity contribution in [2.24, 2.45) is 4.99 Å². The van der Waals surface area contributed by atoms with Gasteiger partial charge in [-0.2, -0.15) is 5.10 Å². The molecule has 0 fully saturated rings. The fourth-order valence-electron chi connectivity index (χ4n) is 3.90. The number of H-pyrrole nitrogens is 1. The lowest BCUT2D eigenvalue weighted by Crippen LogP contribution is -2.39. The van der Waals surface area contributed by atoms with Gasteiger partial charge >= 0.3 is 5.69 Å². The van der Waals surface area contributed by atoms with E-state index in [1.807, 2.05) is 10.6 Å². The SMILES string of the molecule is CN=C(NCCCn1nc2n(c1=O)CCCC2)NCCc1c[nH]c2ccccc12. The number of fused-ring (bicyclic) bond motifs is 2. The smallest absolute Gasteiger partial charge is 0.345 e. The number of nitrogens with one attached hydrogen (secondary N) is 3. The normalized spacial score (nSPS) is 14.2. The summed E-state index contributed by atoms with van der Waals surface area (Å²) >= 11 is 0. The molecule has 1 aliphatic heterocycles. The minimum absolute atomic E-state index is 0.0286. The van der Waals surface area contributed by atoms with E-state index in [9.17, 15) is 4.79 Å². The molecule has 0 atom stereocenters. The molecule has 29 heavy (non-hydrogen) atoms. The van der Waals surface area contributed by atoms with Crippen molar-refractivity contribution in [2.75, 3.05) is 20.1 Å². The summed E-state index contributed by atoms with van der Waals surface area (Å²) in [6.07, 6.45) is 6.91. The first-order chi connectivity index (χ1) is 14.3. The van der Waals surface area contributed by atoms with Crippen LogP contribution in [-0.4, -0.2) is 45.4 Å². The number of benzene rings is 1. The van der Waals surface area contributed by atoms with Crippen LogP contribution >= 0.6 is 0 Å². The number of nitrogens with zero attached hydrogens (tertiary/aromatic N) is 4. The third kappa shape index (κ3) is 4.36. The van der Waals surface area contributed by atoms with Gasteiger partial charge in [-0.1, -0.05) is 18.2 Å². The van der Waals surface area contributed by atoms with E-state index >= 15 is 0 Å². The Morgan fingerprint density at radius 3 is 2.97 bits per heavy atom. The lowest BCUT2D eigenvalue weighted by Gasteiger charge is -2.11. The zero-order valence-electron chi connectivity index (χ0n) is 16.9. The van der Waals surface area contributed by atoms with Crippen molar-refractivity contribution >= 4 is 16.9 Å². The first kappa shape index (κ1) is 19.3. The molecule has 1 aromatic carbocycles. The highest BCUT2D eigenvalue weighted by Gasteiger charge is 2.16. The Hall–Kier alpha value is -3.03. The van der Waals surface area contributed by atoms with E-state index in [1.165, 1.54) is 16.5 Å². The number of aromatic amines is 1. The van der Waals surface area contributed by atoms with Crippen molar-refractivity contribution in [2.45, 2.75) is 45.2 Å². The van der Waals surface area contributed by atoms with E-state index in [1.54, 1.807) is 11.7 Å². The Labute approximate surface area is 170 Å². The average molecular weight is 396 g/mol. The molecule has 0 radical (unpaired) electrons. The van der Waals surface area contributed by atoms with Gasteiger partial charge in [0.2, 0.25) is 0 Å². The topological polar surface area (TPSA) is 92.0 Å². The van der Waals surface area contributed by atoms with Gasteiger partial charge in [0.1, 0.15) is 5.82 Å². The summed E-state index contributed by atoms with van der Waals surface area (Å²) in [5, 5.41) is 12.4. The zero-order valence-corrected chi connectivity index (χ0v) is 16.9. The molecular formula is C21H29N7O. The van der Waals surface area contributed by atoms with Crippen molar-refractivity contribution in [3.05, 3.63) is 52.3 Å². The summed E-state index contributed by atoms with van der Waals surface area (Å²) in [6, 6.07) is 8.34. The molecule has 0 saturated carbocycles. The average Bonchev–Trinajstić information content (AvgIpc) is 3.31. The van der Waals surface area contributed by atoms with Crippen LogP contribution in [0.15, 0.2) is 40.2 Å². The Morgan fingerprint density at radius 1 is 1.24 bits per heavy atom. The Kier molecular flexibility index (Phi) is 5.97. The molecule has 0 aliphatic carbocycles.